The van der Waals surface area contributed by atoms with Crippen molar-refractivity contribution in [2.45, 2.75) is 33.1 Å². The molecule has 9 heteroatoms. The Morgan fingerprint density at radius 1 is 1.36 bits per heavy atom. The molecule has 25 heavy (non-hydrogen) atoms. The first-order valence-corrected chi connectivity index (χ1v) is 9.95. The molecule has 134 valence electrons. The van der Waals surface area contributed by atoms with Gasteiger partial charge in [-0.2, -0.15) is 0 Å². The molecule has 1 aliphatic heterocycles. The van der Waals surface area contributed by atoms with Crippen LogP contribution in [0, 0.1) is 6.92 Å². The molecule has 0 atom stereocenters. The van der Waals surface area contributed by atoms with E-state index in [9.17, 15) is 9.59 Å². The monoisotopic (exact) mass is 379 g/mol. The fourth-order valence-electron chi connectivity index (χ4n) is 2.70. The van der Waals surface area contributed by atoms with Crippen LogP contribution in [0.15, 0.2) is 5.38 Å². The van der Waals surface area contributed by atoms with Gasteiger partial charge in [0.2, 0.25) is 11.8 Å². The molecule has 0 aromatic carbocycles. The van der Waals surface area contributed by atoms with Crippen LogP contribution in [-0.4, -0.2) is 46.3 Å². The average molecular weight is 380 g/mol. The Balaban J connectivity index is 1.53. The summed E-state index contributed by atoms with van der Waals surface area (Å²) in [5.41, 5.74) is 1.73. The number of carbonyl (C=O) groups is 2. The molecule has 0 unspecified atom stereocenters. The molecule has 0 radical (unpaired) electrons. The van der Waals surface area contributed by atoms with Crippen molar-refractivity contribution in [3.63, 3.8) is 0 Å². The van der Waals surface area contributed by atoms with Crippen LogP contribution in [-0.2, 0) is 9.59 Å². The highest BCUT2D eigenvalue weighted by atomic mass is 32.1. The maximum Gasteiger partial charge on any atom is 0.223 e. The smallest absolute Gasteiger partial charge is 0.223 e. The quantitative estimate of drug-likeness (QED) is 0.722. The van der Waals surface area contributed by atoms with Crippen molar-refractivity contribution in [2.75, 3.05) is 30.3 Å². The fraction of sp³-hybridized carbons (Fsp3) is 0.500. The van der Waals surface area contributed by atoms with Crippen LogP contribution in [0.5, 0.6) is 0 Å². The Kier molecular flexibility index (Phi) is 5.64. The third kappa shape index (κ3) is 4.55. The molecule has 1 saturated heterocycles. The van der Waals surface area contributed by atoms with E-state index in [2.05, 4.69) is 20.6 Å². The summed E-state index contributed by atoms with van der Waals surface area (Å²) in [7, 11) is 0. The topological polar surface area (TPSA) is 87.2 Å². The summed E-state index contributed by atoms with van der Waals surface area (Å²) in [6.45, 7) is 5.86. The SMILES string of the molecule is CC(=O)Nc1nc(C)c(-c2csc(NCCCN3CCCC3=O)n2)s1. The van der Waals surface area contributed by atoms with Crippen molar-refractivity contribution >= 4 is 44.8 Å². The summed E-state index contributed by atoms with van der Waals surface area (Å²) in [5, 5.41) is 9.47. The third-order valence-electron chi connectivity index (χ3n) is 3.87. The zero-order chi connectivity index (χ0) is 17.8. The molecule has 7 nitrogen and oxygen atoms in total. The number of nitrogens with zero attached hydrogens (tertiary/aromatic N) is 3. The number of thiazole rings is 2. The third-order valence-corrected chi connectivity index (χ3v) is 5.76. The molecule has 3 rings (SSSR count). The highest BCUT2D eigenvalue weighted by Crippen LogP contribution is 2.34. The minimum Gasteiger partial charge on any atom is -0.361 e. The molecule has 2 aromatic heterocycles. The summed E-state index contributed by atoms with van der Waals surface area (Å²) < 4.78 is 0. The number of amides is 2. The summed E-state index contributed by atoms with van der Waals surface area (Å²) >= 11 is 2.98. The second-order valence-electron chi connectivity index (χ2n) is 5.92. The second kappa shape index (κ2) is 7.92. The van der Waals surface area contributed by atoms with Crippen LogP contribution in [0.4, 0.5) is 10.3 Å². The van der Waals surface area contributed by atoms with Crippen LogP contribution >= 0.6 is 22.7 Å². The standard InChI is InChI=1S/C16H21N5O2S2/c1-10-14(25-16(18-10)19-11(2)22)12-9-24-15(20-12)17-6-4-8-21-7-3-5-13(21)23/h9H,3-8H2,1-2H3,(H,17,20)(H,18,19,22). The number of anilines is 2. The van der Waals surface area contributed by atoms with Gasteiger partial charge in [0.1, 0.15) is 0 Å². The van der Waals surface area contributed by atoms with E-state index in [0.29, 0.717) is 11.6 Å². The van der Waals surface area contributed by atoms with Gasteiger partial charge < -0.3 is 15.5 Å². The van der Waals surface area contributed by atoms with E-state index in [1.54, 1.807) is 11.3 Å². The van der Waals surface area contributed by atoms with Crippen molar-refractivity contribution in [1.82, 2.24) is 14.9 Å². The minimum absolute atomic E-state index is 0.127. The molecule has 2 aromatic rings. The summed E-state index contributed by atoms with van der Waals surface area (Å²) in [6, 6.07) is 0. The second-order valence-corrected chi connectivity index (χ2v) is 7.77. The Hall–Kier alpha value is -2.00. The van der Waals surface area contributed by atoms with Gasteiger partial charge >= 0.3 is 0 Å². The highest BCUT2D eigenvalue weighted by molar-refractivity contribution is 7.19. The van der Waals surface area contributed by atoms with Crippen LogP contribution in [0.1, 0.15) is 31.9 Å². The number of hydrogen-bond donors (Lipinski definition) is 2. The molecule has 1 fully saturated rings. The van der Waals surface area contributed by atoms with Crippen LogP contribution in [0.3, 0.4) is 0 Å². The lowest BCUT2D eigenvalue weighted by Crippen LogP contribution is -2.26. The van der Waals surface area contributed by atoms with Crippen molar-refractivity contribution in [2.24, 2.45) is 0 Å². The van der Waals surface area contributed by atoms with Crippen molar-refractivity contribution in [3.8, 4) is 10.6 Å². The largest absolute Gasteiger partial charge is 0.361 e. The Morgan fingerprint density at radius 3 is 2.92 bits per heavy atom. The maximum atomic E-state index is 11.6. The number of aromatic nitrogens is 2. The van der Waals surface area contributed by atoms with Gasteiger partial charge in [-0.25, -0.2) is 9.97 Å². The summed E-state index contributed by atoms with van der Waals surface area (Å²) in [5.74, 6) is 0.143. The van der Waals surface area contributed by atoms with Gasteiger partial charge in [-0.15, -0.1) is 11.3 Å². The van der Waals surface area contributed by atoms with Crippen molar-refractivity contribution in [3.05, 3.63) is 11.1 Å². The number of aryl methyl sites for hydroxylation is 1. The number of rotatable bonds is 7. The van der Waals surface area contributed by atoms with E-state index in [4.69, 9.17) is 0 Å². The average Bonchev–Trinajstić information content (AvgIpc) is 3.24. The maximum absolute atomic E-state index is 11.6. The van der Waals surface area contributed by atoms with Gasteiger partial charge in [-0.1, -0.05) is 11.3 Å². The van der Waals surface area contributed by atoms with E-state index >= 15 is 0 Å². The van der Waals surface area contributed by atoms with Crippen LogP contribution in [0.2, 0.25) is 0 Å². The first-order valence-electron chi connectivity index (χ1n) is 8.25. The molecule has 0 spiro atoms. The lowest BCUT2D eigenvalue weighted by atomic mass is 10.3. The zero-order valence-corrected chi connectivity index (χ0v) is 15.9. The van der Waals surface area contributed by atoms with Crippen LogP contribution in [0.25, 0.3) is 10.6 Å². The molecule has 2 N–H and O–H groups in total. The first kappa shape index (κ1) is 17.8. The Bertz CT molecular complexity index is 770. The van der Waals surface area contributed by atoms with Gasteiger partial charge in [-0.05, 0) is 19.8 Å². The molecule has 0 bridgehead atoms. The molecule has 0 saturated carbocycles. The van der Waals surface area contributed by atoms with Gasteiger partial charge in [0, 0.05) is 38.4 Å². The van der Waals surface area contributed by atoms with E-state index in [1.807, 2.05) is 17.2 Å². The normalized spacial score (nSPS) is 14.2. The fourth-order valence-corrected chi connectivity index (χ4v) is 4.48. The molecule has 1 aliphatic rings. The van der Waals surface area contributed by atoms with Gasteiger partial charge in [-0.3, -0.25) is 9.59 Å². The van der Waals surface area contributed by atoms with Crippen LogP contribution < -0.4 is 10.6 Å². The number of carbonyl (C=O) groups excluding carboxylic acids is 2. The number of hydrogen-bond acceptors (Lipinski definition) is 7. The van der Waals surface area contributed by atoms with E-state index in [-0.39, 0.29) is 11.8 Å². The molecule has 2 amide bonds. The molecular weight excluding hydrogens is 358 g/mol. The predicted octanol–water partition coefficient (Wildman–Crippen LogP) is 2.96. The first-order chi connectivity index (χ1) is 12.0. The van der Waals surface area contributed by atoms with E-state index in [0.717, 1.165) is 53.9 Å². The lowest BCUT2D eigenvalue weighted by Gasteiger charge is -2.14. The summed E-state index contributed by atoms with van der Waals surface area (Å²) in [4.78, 5) is 34.6. The minimum atomic E-state index is -0.127. The van der Waals surface area contributed by atoms with Gasteiger partial charge in [0.05, 0.1) is 16.3 Å². The number of likely N-dealkylation sites (tertiary alicyclic amines) is 1. The van der Waals surface area contributed by atoms with Gasteiger partial charge in [0.15, 0.2) is 10.3 Å². The number of nitrogens with one attached hydrogen (secondary N) is 2. The van der Waals surface area contributed by atoms with E-state index in [1.165, 1.54) is 18.3 Å². The van der Waals surface area contributed by atoms with Crippen molar-refractivity contribution in [1.29, 1.82) is 0 Å². The summed E-state index contributed by atoms with van der Waals surface area (Å²) in [6.07, 6.45) is 2.58. The zero-order valence-electron chi connectivity index (χ0n) is 14.3. The molecular formula is C16H21N5O2S2. The van der Waals surface area contributed by atoms with Gasteiger partial charge in [0.25, 0.3) is 0 Å². The highest BCUT2D eigenvalue weighted by Gasteiger charge is 2.19. The predicted molar refractivity (Wildman–Crippen MR) is 101 cm³/mol. The lowest BCUT2D eigenvalue weighted by molar-refractivity contribution is -0.127. The Labute approximate surface area is 154 Å². The molecule has 0 aliphatic carbocycles. The molecule has 3 heterocycles. The Morgan fingerprint density at radius 2 is 2.20 bits per heavy atom. The van der Waals surface area contributed by atoms with E-state index < -0.39 is 0 Å². The van der Waals surface area contributed by atoms with Crippen molar-refractivity contribution < 1.29 is 9.59 Å².